The molecule has 0 aliphatic carbocycles. The first-order valence-corrected chi connectivity index (χ1v) is 7.23. The zero-order chi connectivity index (χ0) is 15.9. The normalized spacial score (nSPS) is 10.1. The molecule has 0 saturated heterocycles. The number of amides is 1. The van der Waals surface area contributed by atoms with Gasteiger partial charge in [0.15, 0.2) is 0 Å². The maximum Gasteiger partial charge on any atom is 0.242 e. The third kappa shape index (κ3) is 4.25. The number of carbonyl (C=O) groups excluding carboxylic acids is 1. The van der Waals surface area contributed by atoms with Gasteiger partial charge in [0.05, 0.1) is 13.7 Å². The molecule has 4 heteroatoms. The second kappa shape index (κ2) is 7.50. The van der Waals surface area contributed by atoms with Crippen molar-refractivity contribution in [3.05, 3.63) is 60.2 Å². The zero-order valence-electron chi connectivity index (χ0n) is 13.3. The van der Waals surface area contributed by atoms with E-state index < -0.39 is 0 Å². The van der Waals surface area contributed by atoms with Crippen molar-refractivity contribution in [2.75, 3.05) is 32.6 Å². The van der Waals surface area contributed by atoms with E-state index in [1.54, 1.807) is 12.0 Å². The summed E-state index contributed by atoms with van der Waals surface area (Å²) in [7, 11) is 5.38. The fraction of sp³-hybridized carbons (Fsp3) is 0.278. The third-order valence-electron chi connectivity index (χ3n) is 3.57. The number of carbonyl (C=O) groups is 1. The molecule has 0 aromatic heterocycles. The summed E-state index contributed by atoms with van der Waals surface area (Å²) < 4.78 is 5.14. The Morgan fingerprint density at radius 3 is 2.23 bits per heavy atom. The quantitative estimate of drug-likeness (QED) is 0.822. The average molecular weight is 298 g/mol. The molecule has 2 aromatic rings. The van der Waals surface area contributed by atoms with Gasteiger partial charge in [-0.2, -0.15) is 0 Å². The second-order valence-corrected chi connectivity index (χ2v) is 5.29. The van der Waals surface area contributed by atoms with E-state index in [0.29, 0.717) is 13.1 Å². The van der Waals surface area contributed by atoms with E-state index in [0.717, 1.165) is 17.0 Å². The molecule has 0 heterocycles. The lowest BCUT2D eigenvalue weighted by Gasteiger charge is -2.23. The van der Waals surface area contributed by atoms with Crippen molar-refractivity contribution in [1.82, 2.24) is 4.90 Å². The largest absolute Gasteiger partial charge is 0.497 e. The summed E-state index contributed by atoms with van der Waals surface area (Å²) >= 11 is 0. The van der Waals surface area contributed by atoms with Crippen molar-refractivity contribution in [2.24, 2.45) is 0 Å². The van der Waals surface area contributed by atoms with Crippen LogP contribution in [0.3, 0.4) is 0 Å². The van der Waals surface area contributed by atoms with Gasteiger partial charge in [-0.1, -0.05) is 30.3 Å². The van der Waals surface area contributed by atoms with Crippen LogP contribution in [0.4, 0.5) is 5.69 Å². The van der Waals surface area contributed by atoms with Crippen LogP contribution in [0, 0.1) is 0 Å². The van der Waals surface area contributed by atoms with E-state index in [1.807, 2.05) is 73.6 Å². The summed E-state index contributed by atoms with van der Waals surface area (Å²) in [5.74, 6) is 0.895. The van der Waals surface area contributed by atoms with E-state index in [2.05, 4.69) is 0 Å². The molecule has 2 rings (SSSR count). The maximum absolute atomic E-state index is 12.3. The molecular formula is C18H22N2O2. The Labute approximate surface area is 131 Å². The molecule has 0 saturated carbocycles. The van der Waals surface area contributed by atoms with Crippen molar-refractivity contribution in [3.63, 3.8) is 0 Å². The number of rotatable bonds is 6. The Balaban J connectivity index is 1.92. The molecule has 116 valence electrons. The molecule has 0 spiro atoms. The van der Waals surface area contributed by atoms with Gasteiger partial charge in [0.25, 0.3) is 0 Å². The SMILES string of the molecule is COc1ccc(N(C)CC(=O)N(C)Cc2ccccc2)cc1. The molecule has 0 unspecified atom stereocenters. The van der Waals surface area contributed by atoms with E-state index in [9.17, 15) is 4.79 Å². The van der Waals surface area contributed by atoms with Gasteiger partial charge < -0.3 is 14.5 Å². The molecule has 0 N–H and O–H groups in total. The summed E-state index contributed by atoms with van der Waals surface area (Å²) in [6.07, 6.45) is 0. The van der Waals surface area contributed by atoms with Crippen molar-refractivity contribution in [3.8, 4) is 5.75 Å². The topological polar surface area (TPSA) is 32.8 Å². The van der Waals surface area contributed by atoms with Crippen LogP contribution in [0.2, 0.25) is 0 Å². The highest BCUT2D eigenvalue weighted by atomic mass is 16.5. The lowest BCUT2D eigenvalue weighted by Crippen LogP contribution is -2.36. The standard InChI is InChI=1S/C18H22N2O2/c1-19(16-9-11-17(22-3)12-10-16)14-18(21)20(2)13-15-7-5-4-6-8-15/h4-12H,13-14H2,1-3H3. The Bertz CT molecular complexity index is 596. The Morgan fingerprint density at radius 2 is 1.64 bits per heavy atom. The minimum atomic E-state index is 0.0853. The summed E-state index contributed by atoms with van der Waals surface area (Å²) in [4.78, 5) is 16.0. The number of likely N-dealkylation sites (N-methyl/N-ethyl adjacent to an activating group) is 2. The van der Waals surface area contributed by atoms with Gasteiger partial charge in [-0.3, -0.25) is 4.79 Å². The number of anilines is 1. The Kier molecular flexibility index (Phi) is 5.42. The fourth-order valence-corrected chi connectivity index (χ4v) is 2.20. The van der Waals surface area contributed by atoms with Crippen LogP contribution in [-0.2, 0) is 11.3 Å². The molecule has 1 amide bonds. The number of nitrogens with zero attached hydrogens (tertiary/aromatic N) is 2. The van der Waals surface area contributed by atoms with Crippen molar-refractivity contribution < 1.29 is 9.53 Å². The van der Waals surface area contributed by atoms with Gasteiger partial charge in [-0.25, -0.2) is 0 Å². The first-order valence-electron chi connectivity index (χ1n) is 7.23. The van der Waals surface area contributed by atoms with Gasteiger partial charge in [0.2, 0.25) is 5.91 Å². The van der Waals surface area contributed by atoms with Gasteiger partial charge in [-0.15, -0.1) is 0 Å². The van der Waals surface area contributed by atoms with Gasteiger partial charge >= 0.3 is 0 Å². The highest BCUT2D eigenvalue weighted by Gasteiger charge is 2.12. The number of methoxy groups -OCH3 is 1. The highest BCUT2D eigenvalue weighted by Crippen LogP contribution is 2.18. The molecule has 0 radical (unpaired) electrons. The van der Waals surface area contributed by atoms with Crippen LogP contribution >= 0.6 is 0 Å². The summed E-state index contributed by atoms with van der Waals surface area (Å²) in [5.41, 5.74) is 2.12. The molecule has 0 aliphatic heterocycles. The van der Waals surface area contributed by atoms with E-state index >= 15 is 0 Å². The minimum absolute atomic E-state index is 0.0853. The van der Waals surface area contributed by atoms with Crippen LogP contribution in [0.25, 0.3) is 0 Å². The number of hydrogen-bond donors (Lipinski definition) is 0. The third-order valence-corrected chi connectivity index (χ3v) is 3.57. The van der Waals surface area contributed by atoms with Gasteiger partial charge in [-0.05, 0) is 29.8 Å². The minimum Gasteiger partial charge on any atom is -0.497 e. The fourth-order valence-electron chi connectivity index (χ4n) is 2.20. The smallest absolute Gasteiger partial charge is 0.242 e. The molecule has 0 bridgehead atoms. The second-order valence-electron chi connectivity index (χ2n) is 5.29. The van der Waals surface area contributed by atoms with Crippen molar-refractivity contribution in [2.45, 2.75) is 6.54 Å². The van der Waals surface area contributed by atoms with Crippen molar-refractivity contribution >= 4 is 11.6 Å². The molecule has 0 aliphatic rings. The summed E-state index contributed by atoms with van der Waals surface area (Å²) in [6, 6.07) is 17.7. The van der Waals surface area contributed by atoms with E-state index in [4.69, 9.17) is 4.74 Å². The monoisotopic (exact) mass is 298 g/mol. The highest BCUT2D eigenvalue weighted by molar-refractivity contribution is 5.81. The summed E-state index contributed by atoms with van der Waals surface area (Å²) in [6.45, 7) is 0.964. The number of ether oxygens (including phenoxy) is 1. The molecular weight excluding hydrogens is 276 g/mol. The van der Waals surface area contributed by atoms with Crippen LogP contribution in [0.15, 0.2) is 54.6 Å². The van der Waals surface area contributed by atoms with E-state index in [1.165, 1.54) is 0 Å². The Hall–Kier alpha value is -2.49. The van der Waals surface area contributed by atoms with Crippen LogP contribution < -0.4 is 9.64 Å². The molecule has 4 nitrogen and oxygen atoms in total. The lowest BCUT2D eigenvalue weighted by atomic mass is 10.2. The molecule has 0 fully saturated rings. The van der Waals surface area contributed by atoms with Crippen molar-refractivity contribution in [1.29, 1.82) is 0 Å². The van der Waals surface area contributed by atoms with Gasteiger partial charge in [0.1, 0.15) is 5.75 Å². The molecule has 2 aromatic carbocycles. The first kappa shape index (κ1) is 15.9. The van der Waals surface area contributed by atoms with E-state index in [-0.39, 0.29) is 5.91 Å². The number of benzene rings is 2. The predicted molar refractivity (Wildman–Crippen MR) is 89.2 cm³/mol. The van der Waals surface area contributed by atoms with Crippen LogP contribution in [-0.4, -0.2) is 38.6 Å². The lowest BCUT2D eigenvalue weighted by molar-refractivity contribution is -0.128. The van der Waals surface area contributed by atoms with Crippen LogP contribution in [0.1, 0.15) is 5.56 Å². The van der Waals surface area contributed by atoms with Crippen LogP contribution in [0.5, 0.6) is 5.75 Å². The average Bonchev–Trinajstić information content (AvgIpc) is 2.55. The van der Waals surface area contributed by atoms with Gasteiger partial charge in [0, 0.05) is 26.3 Å². The Morgan fingerprint density at radius 1 is 1.00 bits per heavy atom. The first-order chi connectivity index (χ1) is 10.6. The zero-order valence-corrected chi connectivity index (χ0v) is 13.3. The molecule has 0 atom stereocenters. The predicted octanol–water partition coefficient (Wildman–Crippen LogP) is 2.79. The number of hydrogen-bond acceptors (Lipinski definition) is 3. The molecule has 22 heavy (non-hydrogen) atoms. The summed E-state index contributed by atoms with van der Waals surface area (Å²) in [5, 5.41) is 0. The maximum atomic E-state index is 12.3.